The van der Waals surface area contributed by atoms with E-state index in [1.165, 1.54) is 0 Å². The number of hydrogen-bond acceptors (Lipinski definition) is 6. The monoisotopic (exact) mass is 596 g/mol. The second-order valence-corrected chi connectivity index (χ2v) is 12.2. The molecule has 9 nitrogen and oxygen atoms in total. The van der Waals surface area contributed by atoms with Crippen LogP contribution in [0.15, 0.2) is 72.8 Å². The maximum atomic E-state index is 14.0. The number of fused-ring (bicyclic) bond motifs is 15. The van der Waals surface area contributed by atoms with Crippen LogP contribution in [0.5, 0.6) is 0 Å². The molecule has 0 spiro atoms. The molecule has 3 aromatic carbocycles. The van der Waals surface area contributed by atoms with Crippen LogP contribution in [0.1, 0.15) is 67.9 Å². The molecule has 0 saturated heterocycles. The van der Waals surface area contributed by atoms with Crippen molar-refractivity contribution in [1.82, 2.24) is 16.0 Å². The summed E-state index contributed by atoms with van der Waals surface area (Å²) in [5, 5.41) is 9.11. The summed E-state index contributed by atoms with van der Waals surface area (Å²) < 4.78 is 5.52. The minimum atomic E-state index is -0.710. The van der Waals surface area contributed by atoms with Gasteiger partial charge in [0.2, 0.25) is 11.8 Å². The number of rotatable bonds is 0. The summed E-state index contributed by atoms with van der Waals surface area (Å²) in [4.78, 5) is 54.6. The molecule has 3 amide bonds. The van der Waals surface area contributed by atoms with E-state index in [4.69, 9.17) is 4.74 Å². The predicted molar refractivity (Wildman–Crippen MR) is 169 cm³/mol. The third-order valence-corrected chi connectivity index (χ3v) is 8.01. The molecule has 44 heavy (non-hydrogen) atoms. The SMILES string of the molecule is C[C@@H]1NC(C)(C)CC(=O)N[C@@H]2CCc3ccccc3N(Cc3ccc(cc3)-c3ccccc3C(=O)NCCCC(=O)O1)C2=O. The second kappa shape index (κ2) is 13.4. The summed E-state index contributed by atoms with van der Waals surface area (Å²) in [6.07, 6.45) is 1.14. The molecule has 0 saturated carbocycles. The molecule has 3 aliphatic heterocycles. The van der Waals surface area contributed by atoms with E-state index in [1.807, 2.05) is 80.6 Å². The highest BCUT2D eigenvalue weighted by Crippen LogP contribution is 2.30. The smallest absolute Gasteiger partial charge is 0.307 e. The van der Waals surface area contributed by atoms with Crippen molar-refractivity contribution in [3.05, 3.63) is 89.5 Å². The molecule has 0 radical (unpaired) electrons. The van der Waals surface area contributed by atoms with Gasteiger partial charge in [-0.15, -0.1) is 0 Å². The molecule has 0 aliphatic carbocycles. The lowest BCUT2D eigenvalue weighted by atomic mass is 9.98. The van der Waals surface area contributed by atoms with Crippen molar-refractivity contribution in [2.75, 3.05) is 11.4 Å². The van der Waals surface area contributed by atoms with E-state index >= 15 is 0 Å². The van der Waals surface area contributed by atoms with Crippen LogP contribution in [0.2, 0.25) is 0 Å². The quantitative estimate of drug-likeness (QED) is 0.330. The molecule has 0 aromatic heterocycles. The third-order valence-electron chi connectivity index (χ3n) is 8.01. The maximum Gasteiger partial charge on any atom is 0.307 e. The maximum absolute atomic E-state index is 14.0. The zero-order valence-corrected chi connectivity index (χ0v) is 25.5. The van der Waals surface area contributed by atoms with Gasteiger partial charge >= 0.3 is 5.97 Å². The first-order valence-electron chi connectivity index (χ1n) is 15.2. The number of amides is 3. The van der Waals surface area contributed by atoms with Crippen LogP contribution in [0, 0.1) is 0 Å². The number of hydrogen-bond donors (Lipinski definition) is 3. The van der Waals surface area contributed by atoms with Crippen LogP contribution in [-0.2, 0) is 32.1 Å². The number of nitrogens with zero attached hydrogens (tertiary/aromatic N) is 1. The van der Waals surface area contributed by atoms with Gasteiger partial charge in [0.05, 0.1) is 6.54 Å². The van der Waals surface area contributed by atoms with Gasteiger partial charge in [-0.2, -0.15) is 0 Å². The molecule has 3 aromatic rings. The highest BCUT2D eigenvalue weighted by molar-refractivity contribution is 6.01. The van der Waals surface area contributed by atoms with E-state index < -0.39 is 23.8 Å². The summed E-state index contributed by atoms with van der Waals surface area (Å²) in [5.74, 6) is -1.05. The summed E-state index contributed by atoms with van der Waals surface area (Å²) in [6, 6.07) is 22.4. The summed E-state index contributed by atoms with van der Waals surface area (Å²) in [5.41, 5.74) is 4.30. The lowest BCUT2D eigenvalue weighted by Gasteiger charge is -2.31. The Balaban J connectivity index is 1.46. The van der Waals surface area contributed by atoms with E-state index in [-0.39, 0.29) is 30.6 Å². The molecular weight excluding hydrogens is 556 g/mol. The van der Waals surface area contributed by atoms with Gasteiger partial charge in [0.15, 0.2) is 6.23 Å². The zero-order chi connectivity index (χ0) is 31.3. The normalized spacial score (nSPS) is 21.7. The van der Waals surface area contributed by atoms with Gasteiger partial charge in [-0.05, 0) is 74.4 Å². The molecule has 4 bridgehead atoms. The largest absolute Gasteiger partial charge is 0.447 e. The highest BCUT2D eigenvalue weighted by Gasteiger charge is 2.33. The first-order valence-corrected chi connectivity index (χ1v) is 15.2. The molecule has 230 valence electrons. The van der Waals surface area contributed by atoms with Gasteiger partial charge in [-0.3, -0.25) is 24.5 Å². The second-order valence-electron chi connectivity index (χ2n) is 12.2. The number of aryl methyl sites for hydroxylation is 1. The van der Waals surface area contributed by atoms with Crippen LogP contribution in [-0.4, -0.2) is 48.0 Å². The van der Waals surface area contributed by atoms with Crippen molar-refractivity contribution in [3.8, 4) is 11.1 Å². The number of para-hydroxylation sites is 1. The van der Waals surface area contributed by atoms with Crippen LogP contribution in [0.3, 0.4) is 0 Å². The minimum Gasteiger partial charge on any atom is -0.447 e. The van der Waals surface area contributed by atoms with E-state index in [0.717, 1.165) is 27.9 Å². The van der Waals surface area contributed by atoms with Gasteiger partial charge in [0, 0.05) is 36.2 Å². The van der Waals surface area contributed by atoms with Crippen LogP contribution in [0.25, 0.3) is 11.1 Å². The van der Waals surface area contributed by atoms with E-state index in [1.54, 1.807) is 17.9 Å². The Kier molecular flexibility index (Phi) is 9.44. The van der Waals surface area contributed by atoms with E-state index in [2.05, 4.69) is 16.0 Å². The minimum absolute atomic E-state index is 0.0830. The average Bonchev–Trinajstić information content (AvgIpc) is 3.11. The van der Waals surface area contributed by atoms with Crippen molar-refractivity contribution in [1.29, 1.82) is 0 Å². The lowest BCUT2D eigenvalue weighted by molar-refractivity contribution is -0.150. The first kappa shape index (κ1) is 30.9. The lowest BCUT2D eigenvalue weighted by Crippen LogP contribution is -2.52. The highest BCUT2D eigenvalue weighted by atomic mass is 16.6. The van der Waals surface area contributed by atoms with Crippen LogP contribution < -0.4 is 20.9 Å². The number of anilines is 1. The van der Waals surface area contributed by atoms with Gasteiger partial charge < -0.3 is 20.3 Å². The third kappa shape index (κ3) is 7.52. The fraction of sp³-hybridized carbons (Fsp3) is 0.371. The molecular formula is C35H40N4O5. The fourth-order valence-electron chi connectivity index (χ4n) is 5.98. The molecule has 3 N–H and O–H groups in total. The number of carbonyl (C=O) groups is 4. The molecule has 3 aliphatic rings. The molecule has 3 heterocycles. The topological polar surface area (TPSA) is 117 Å². The standard InChI is InChI=1S/C35H40N4O5/c1-23-38-35(2,3)21-31(40)37-29-19-18-26-9-4-7-12-30(26)39(34(29)43)22-24-14-16-25(17-15-24)27-10-5-6-11-28(27)33(42)36-20-8-13-32(41)44-23/h4-7,9-12,14-17,23,29,38H,8,13,18-22H2,1-3H3,(H,36,42)(H,37,40)/t23-,29-/m1/s1. The first-order chi connectivity index (χ1) is 21.1. The molecule has 2 atom stereocenters. The van der Waals surface area contributed by atoms with Crippen LogP contribution in [0.4, 0.5) is 5.69 Å². The Morgan fingerprint density at radius 1 is 0.864 bits per heavy atom. The van der Waals surface area contributed by atoms with Crippen LogP contribution >= 0.6 is 0 Å². The Labute approximate surface area is 258 Å². The molecule has 9 heteroatoms. The van der Waals surface area contributed by atoms with E-state index in [0.29, 0.717) is 37.9 Å². The van der Waals surface area contributed by atoms with E-state index in [9.17, 15) is 19.2 Å². The molecule has 0 fully saturated rings. The Morgan fingerprint density at radius 3 is 2.34 bits per heavy atom. The summed E-state index contributed by atoms with van der Waals surface area (Å²) >= 11 is 0. The van der Waals surface area contributed by atoms with Crippen molar-refractivity contribution in [2.24, 2.45) is 0 Å². The fourth-order valence-corrected chi connectivity index (χ4v) is 5.98. The number of nitrogens with one attached hydrogen (secondary N) is 3. The van der Waals surface area contributed by atoms with Gasteiger partial charge in [0.25, 0.3) is 5.91 Å². The van der Waals surface area contributed by atoms with Gasteiger partial charge in [-0.1, -0.05) is 60.7 Å². The predicted octanol–water partition coefficient (Wildman–Crippen LogP) is 4.49. The Bertz CT molecular complexity index is 1530. The van der Waals surface area contributed by atoms with Crippen molar-refractivity contribution >= 4 is 29.4 Å². The number of benzene rings is 3. The summed E-state index contributed by atoms with van der Waals surface area (Å²) in [6.45, 7) is 6.08. The molecule has 6 rings (SSSR count). The molecule has 0 unspecified atom stereocenters. The van der Waals surface area contributed by atoms with Gasteiger partial charge in [0.1, 0.15) is 6.04 Å². The Morgan fingerprint density at radius 2 is 1.57 bits per heavy atom. The number of ether oxygens (including phenoxy) is 1. The van der Waals surface area contributed by atoms with Crippen molar-refractivity contribution < 1.29 is 23.9 Å². The summed E-state index contributed by atoms with van der Waals surface area (Å²) in [7, 11) is 0. The Hall–Kier alpha value is -4.50. The number of carbonyl (C=O) groups excluding carboxylic acids is 4. The zero-order valence-electron chi connectivity index (χ0n) is 25.5. The average molecular weight is 597 g/mol. The number of esters is 1. The van der Waals surface area contributed by atoms with Crippen molar-refractivity contribution in [3.63, 3.8) is 0 Å². The van der Waals surface area contributed by atoms with Gasteiger partial charge in [-0.25, -0.2) is 0 Å². The van der Waals surface area contributed by atoms with Crippen molar-refractivity contribution in [2.45, 2.75) is 77.2 Å².